The van der Waals surface area contributed by atoms with Gasteiger partial charge in [-0.1, -0.05) is 0 Å². The minimum absolute atomic E-state index is 0.0371. The van der Waals surface area contributed by atoms with Crippen molar-refractivity contribution in [2.24, 2.45) is 0 Å². The second-order valence-corrected chi connectivity index (χ2v) is 6.00. The van der Waals surface area contributed by atoms with Crippen LogP contribution in [0.5, 0.6) is 0 Å². The number of hydrogen-bond donors (Lipinski definition) is 2. The lowest BCUT2D eigenvalue weighted by Gasteiger charge is -2.24. The first kappa shape index (κ1) is 14.9. The summed E-state index contributed by atoms with van der Waals surface area (Å²) in [7, 11) is -1.52. The summed E-state index contributed by atoms with van der Waals surface area (Å²) in [6, 6.07) is 0.0371. The topological polar surface area (TPSA) is 87.8 Å². The van der Waals surface area contributed by atoms with Crippen LogP contribution in [0, 0.1) is 0 Å². The molecule has 1 aliphatic heterocycles. The van der Waals surface area contributed by atoms with Crippen molar-refractivity contribution in [3.05, 3.63) is 12.4 Å². The summed E-state index contributed by atoms with van der Waals surface area (Å²) in [6.45, 7) is 6.62. The quantitative estimate of drug-likeness (QED) is 0.729. The van der Waals surface area contributed by atoms with E-state index < -0.39 is 12.7 Å². The van der Waals surface area contributed by atoms with Gasteiger partial charge < -0.3 is 19.7 Å². The van der Waals surface area contributed by atoms with E-state index in [2.05, 4.69) is 5.10 Å². The van der Waals surface area contributed by atoms with E-state index in [1.165, 1.54) is 6.20 Å². The predicted molar refractivity (Wildman–Crippen MR) is 73.5 cm³/mol. The molecule has 1 atom stereocenters. The van der Waals surface area contributed by atoms with Crippen molar-refractivity contribution in [2.45, 2.75) is 38.8 Å². The fraction of sp³-hybridized carbons (Fsp3) is 0.667. The lowest BCUT2D eigenvalue weighted by molar-refractivity contribution is 0.0288. The molecule has 2 heterocycles. The Bertz CT molecular complexity index is 483. The average molecular weight is 281 g/mol. The summed E-state index contributed by atoms with van der Waals surface area (Å²) in [5, 5.41) is 22.2. The largest absolute Gasteiger partial charge is 0.491 e. The Morgan fingerprint density at radius 1 is 1.50 bits per heavy atom. The zero-order chi connectivity index (χ0) is 14.9. The molecule has 1 saturated heterocycles. The van der Waals surface area contributed by atoms with E-state index >= 15 is 0 Å². The fourth-order valence-corrected chi connectivity index (χ4v) is 2.14. The highest BCUT2D eigenvalue weighted by atomic mass is 16.6. The van der Waals surface area contributed by atoms with Gasteiger partial charge in [-0.2, -0.15) is 5.10 Å². The summed E-state index contributed by atoms with van der Waals surface area (Å²) in [6.07, 6.45) is 3.45. The van der Waals surface area contributed by atoms with Crippen molar-refractivity contribution in [1.82, 2.24) is 14.7 Å². The Balaban J connectivity index is 1.96. The lowest BCUT2D eigenvalue weighted by atomic mass is 9.83. The summed E-state index contributed by atoms with van der Waals surface area (Å²) >= 11 is 0. The smallest absolute Gasteiger partial charge is 0.444 e. The molecule has 8 heteroatoms. The molecule has 0 radical (unpaired) electrons. The second kappa shape index (κ2) is 5.45. The average Bonchev–Trinajstić information content (AvgIpc) is 2.95. The molecule has 20 heavy (non-hydrogen) atoms. The number of aromatic nitrogens is 2. The predicted octanol–water partition coefficient (Wildman–Crippen LogP) is -0.255. The van der Waals surface area contributed by atoms with Gasteiger partial charge in [0.2, 0.25) is 0 Å². The maximum Gasteiger partial charge on any atom is 0.491 e. The minimum atomic E-state index is -1.52. The van der Waals surface area contributed by atoms with Crippen LogP contribution in [0.25, 0.3) is 0 Å². The van der Waals surface area contributed by atoms with Crippen molar-refractivity contribution in [1.29, 1.82) is 0 Å². The van der Waals surface area contributed by atoms with Crippen molar-refractivity contribution in [2.75, 3.05) is 13.1 Å². The monoisotopic (exact) mass is 281 g/mol. The third-order valence-electron chi connectivity index (χ3n) is 3.11. The molecule has 0 spiro atoms. The summed E-state index contributed by atoms with van der Waals surface area (Å²) in [4.78, 5) is 13.6. The van der Waals surface area contributed by atoms with Gasteiger partial charge in [0.1, 0.15) is 5.60 Å². The molecule has 1 aromatic heterocycles. The van der Waals surface area contributed by atoms with Crippen LogP contribution in [0.2, 0.25) is 0 Å². The third kappa shape index (κ3) is 3.52. The Kier molecular flexibility index (Phi) is 4.05. The van der Waals surface area contributed by atoms with E-state index in [1.807, 2.05) is 20.8 Å². The molecule has 0 aromatic carbocycles. The normalized spacial score (nSPS) is 19.2. The van der Waals surface area contributed by atoms with Crippen LogP contribution >= 0.6 is 0 Å². The van der Waals surface area contributed by atoms with Crippen LogP contribution in [0.15, 0.2) is 12.4 Å². The molecule has 0 aliphatic carbocycles. The number of hydrogen-bond acceptors (Lipinski definition) is 5. The zero-order valence-electron chi connectivity index (χ0n) is 12.0. The number of nitrogens with zero attached hydrogens (tertiary/aromatic N) is 3. The number of carbonyl (C=O) groups is 1. The van der Waals surface area contributed by atoms with E-state index in [9.17, 15) is 4.79 Å². The first-order valence-electron chi connectivity index (χ1n) is 6.64. The highest BCUT2D eigenvalue weighted by Gasteiger charge is 2.31. The minimum Gasteiger partial charge on any atom is -0.444 e. The number of carbonyl (C=O) groups excluding carboxylic acids is 1. The highest BCUT2D eigenvalue weighted by Crippen LogP contribution is 2.22. The van der Waals surface area contributed by atoms with E-state index in [-0.39, 0.29) is 12.1 Å². The zero-order valence-corrected chi connectivity index (χ0v) is 12.0. The van der Waals surface area contributed by atoms with Crippen LogP contribution < -0.4 is 5.46 Å². The maximum atomic E-state index is 11.9. The molecular weight excluding hydrogens is 261 g/mol. The van der Waals surface area contributed by atoms with E-state index in [4.69, 9.17) is 14.8 Å². The third-order valence-corrected chi connectivity index (χ3v) is 3.11. The maximum absolute atomic E-state index is 11.9. The highest BCUT2D eigenvalue weighted by molar-refractivity contribution is 6.58. The number of rotatable bonds is 2. The number of amides is 1. The summed E-state index contributed by atoms with van der Waals surface area (Å²) in [5.41, 5.74) is -0.157. The van der Waals surface area contributed by atoms with Gasteiger partial charge in [-0.25, -0.2) is 4.79 Å². The molecule has 7 nitrogen and oxygen atoms in total. The van der Waals surface area contributed by atoms with Gasteiger partial charge in [0.05, 0.1) is 6.04 Å². The van der Waals surface area contributed by atoms with Crippen LogP contribution in [0.3, 0.4) is 0 Å². The lowest BCUT2D eigenvalue weighted by Crippen LogP contribution is -2.35. The van der Waals surface area contributed by atoms with E-state index in [0.717, 1.165) is 6.42 Å². The SMILES string of the molecule is CC(C)(C)OC(=O)N1CCC(n2cc(B(O)O)cn2)C1. The van der Waals surface area contributed by atoms with Crippen LogP contribution in [0.1, 0.15) is 33.2 Å². The van der Waals surface area contributed by atoms with E-state index in [0.29, 0.717) is 18.6 Å². The molecule has 1 aromatic rings. The van der Waals surface area contributed by atoms with Crippen molar-refractivity contribution < 1.29 is 19.6 Å². The fourth-order valence-electron chi connectivity index (χ4n) is 2.14. The summed E-state index contributed by atoms with van der Waals surface area (Å²) < 4.78 is 6.99. The molecule has 2 N–H and O–H groups in total. The molecule has 0 bridgehead atoms. The molecule has 0 saturated carbocycles. The molecule has 1 amide bonds. The Hall–Kier alpha value is -1.54. The van der Waals surface area contributed by atoms with Gasteiger partial charge in [0, 0.05) is 30.9 Å². The van der Waals surface area contributed by atoms with Crippen LogP contribution in [-0.4, -0.2) is 56.6 Å². The second-order valence-electron chi connectivity index (χ2n) is 6.00. The molecule has 110 valence electrons. The molecule has 2 rings (SSSR count). The standard InChI is InChI=1S/C12H20BN3O4/c1-12(2,3)20-11(17)15-5-4-10(8-15)16-7-9(6-14-16)13(18)19/h6-7,10,18-19H,4-5,8H2,1-3H3. The van der Waals surface area contributed by atoms with Crippen LogP contribution in [0.4, 0.5) is 4.79 Å². The first-order valence-corrected chi connectivity index (χ1v) is 6.64. The number of likely N-dealkylation sites (tertiary alicyclic amines) is 1. The van der Waals surface area contributed by atoms with Crippen LogP contribution in [-0.2, 0) is 4.74 Å². The van der Waals surface area contributed by atoms with Gasteiger partial charge >= 0.3 is 13.2 Å². The Morgan fingerprint density at radius 2 is 2.20 bits per heavy atom. The van der Waals surface area contributed by atoms with Gasteiger partial charge in [-0.05, 0) is 27.2 Å². The molecule has 1 fully saturated rings. The van der Waals surface area contributed by atoms with Gasteiger partial charge in [-0.3, -0.25) is 4.68 Å². The van der Waals surface area contributed by atoms with Gasteiger partial charge in [0.15, 0.2) is 0 Å². The molecule has 1 aliphatic rings. The van der Waals surface area contributed by atoms with E-state index in [1.54, 1.807) is 15.8 Å². The number of ether oxygens (including phenoxy) is 1. The Morgan fingerprint density at radius 3 is 2.75 bits per heavy atom. The Labute approximate surface area is 118 Å². The molecular formula is C12H20BN3O4. The molecule has 1 unspecified atom stereocenters. The van der Waals surface area contributed by atoms with Crippen molar-refractivity contribution in [3.8, 4) is 0 Å². The first-order chi connectivity index (χ1) is 9.26. The van der Waals surface area contributed by atoms with Gasteiger partial charge in [0.25, 0.3) is 0 Å². The van der Waals surface area contributed by atoms with Crippen molar-refractivity contribution in [3.63, 3.8) is 0 Å². The van der Waals surface area contributed by atoms with Gasteiger partial charge in [-0.15, -0.1) is 0 Å². The summed E-state index contributed by atoms with van der Waals surface area (Å²) in [5.74, 6) is 0. The van der Waals surface area contributed by atoms with Crippen molar-refractivity contribution >= 4 is 18.7 Å².